The monoisotopic (exact) mass is 170 g/mol. The lowest BCUT2D eigenvalue weighted by Gasteiger charge is -1.88. The minimum atomic E-state index is -0.541. The van der Waals surface area contributed by atoms with Crippen LogP contribution >= 0.6 is 34.8 Å². The van der Waals surface area contributed by atoms with Gasteiger partial charge in [-0.2, -0.15) is 0 Å². The van der Waals surface area contributed by atoms with E-state index in [1.165, 1.54) is 12.2 Å². The zero-order valence-corrected chi connectivity index (χ0v) is 6.34. The highest BCUT2D eigenvalue weighted by Gasteiger charge is 1.91. The van der Waals surface area contributed by atoms with Crippen LogP contribution in [0.4, 0.5) is 0 Å². The Kier molecular flexibility index (Phi) is 4.44. The fraction of sp³-hybridized carbons (Fsp3) is 0.200. The minimum absolute atomic E-state index is 0.472. The summed E-state index contributed by atoms with van der Waals surface area (Å²) >= 11 is 16.1. The van der Waals surface area contributed by atoms with Crippen molar-refractivity contribution in [3.05, 3.63) is 23.8 Å². The zero-order chi connectivity index (χ0) is 6.57. The quantitative estimate of drug-likeness (QED) is 0.442. The first kappa shape index (κ1) is 8.35. The smallest absolute Gasteiger partial charge is 0.101 e. The largest absolute Gasteiger partial charge is 0.127 e. The Morgan fingerprint density at radius 3 is 2.12 bits per heavy atom. The Bertz CT molecular complexity index is 104. The van der Waals surface area contributed by atoms with E-state index in [0.717, 1.165) is 0 Å². The molecular weight excluding hydrogens is 166 g/mol. The summed E-state index contributed by atoms with van der Waals surface area (Å²) in [7, 11) is 0. The maximum atomic E-state index is 5.43. The Hall–Kier alpha value is 0.350. The van der Waals surface area contributed by atoms with Gasteiger partial charge in [0.2, 0.25) is 0 Å². The fourth-order valence-corrected chi connectivity index (χ4v) is 0.715. The van der Waals surface area contributed by atoms with Gasteiger partial charge in [-0.15, -0.1) is 23.2 Å². The van der Waals surface area contributed by atoms with Gasteiger partial charge in [0, 0.05) is 5.03 Å². The molecule has 0 bridgehead atoms. The summed E-state index contributed by atoms with van der Waals surface area (Å²) in [6.07, 6.45) is 2.96. The third-order valence-corrected chi connectivity index (χ3v) is 1.01. The van der Waals surface area contributed by atoms with Crippen LogP contribution in [0.25, 0.3) is 0 Å². The van der Waals surface area contributed by atoms with Crippen LogP contribution < -0.4 is 0 Å². The highest BCUT2D eigenvalue weighted by molar-refractivity contribution is 6.46. The van der Waals surface area contributed by atoms with E-state index in [4.69, 9.17) is 34.8 Å². The highest BCUT2D eigenvalue weighted by atomic mass is 35.5. The SMILES string of the molecule is C=CC(Cl)=CC(Cl)Cl. The van der Waals surface area contributed by atoms with E-state index in [9.17, 15) is 0 Å². The van der Waals surface area contributed by atoms with E-state index in [1.54, 1.807) is 0 Å². The van der Waals surface area contributed by atoms with Crippen molar-refractivity contribution >= 4 is 34.8 Å². The van der Waals surface area contributed by atoms with Gasteiger partial charge in [0.05, 0.1) is 0 Å². The van der Waals surface area contributed by atoms with Gasteiger partial charge in [-0.1, -0.05) is 24.3 Å². The zero-order valence-electron chi connectivity index (χ0n) is 4.07. The van der Waals surface area contributed by atoms with Gasteiger partial charge in [-0.3, -0.25) is 0 Å². The molecule has 0 radical (unpaired) electrons. The van der Waals surface area contributed by atoms with Crippen LogP contribution in [0.2, 0.25) is 0 Å². The average Bonchev–Trinajstić information content (AvgIpc) is 1.65. The number of hydrogen-bond donors (Lipinski definition) is 0. The molecule has 0 amide bonds. The summed E-state index contributed by atoms with van der Waals surface area (Å²) < 4.78 is 0. The van der Waals surface area contributed by atoms with Crippen molar-refractivity contribution in [3.8, 4) is 0 Å². The number of rotatable bonds is 2. The Morgan fingerprint density at radius 2 is 2.00 bits per heavy atom. The molecule has 0 aromatic carbocycles. The lowest BCUT2D eigenvalue weighted by molar-refractivity contribution is 1.58. The number of hydrogen-bond acceptors (Lipinski definition) is 0. The number of halogens is 3. The topological polar surface area (TPSA) is 0 Å². The molecule has 0 aromatic heterocycles. The number of alkyl halides is 2. The summed E-state index contributed by atoms with van der Waals surface area (Å²) in [4.78, 5) is -0.541. The fourth-order valence-electron chi connectivity index (χ4n) is 0.188. The van der Waals surface area contributed by atoms with Gasteiger partial charge >= 0.3 is 0 Å². The molecule has 0 spiro atoms. The van der Waals surface area contributed by atoms with Crippen LogP contribution in [0.1, 0.15) is 0 Å². The first-order valence-corrected chi connectivity index (χ1v) is 3.20. The molecule has 0 saturated carbocycles. The summed E-state index contributed by atoms with van der Waals surface area (Å²) in [5, 5.41) is 0.472. The van der Waals surface area contributed by atoms with Crippen molar-refractivity contribution in [1.82, 2.24) is 0 Å². The second kappa shape index (κ2) is 4.25. The predicted octanol–water partition coefficient (Wildman–Crippen LogP) is 3.10. The first-order chi connectivity index (χ1) is 3.66. The van der Waals surface area contributed by atoms with E-state index in [0.29, 0.717) is 5.03 Å². The third kappa shape index (κ3) is 4.51. The van der Waals surface area contributed by atoms with Crippen molar-refractivity contribution in [1.29, 1.82) is 0 Å². The van der Waals surface area contributed by atoms with E-state index < -0.39 is 4.84 Å². The van der Waals surface area contributed by atoms with E-state index in [-0.39, 0.29) is 0 Å². The molecule has 3 heteroatoms. The summed E-state index contributed by atoms with van der Waals surface area (Å²) in [6.45, 7) is 3.40. The molecule has 0 aliphatic heterocycles. The maximum Gasteiger partial charge on any atom is 0.127 e. The van der Waals surface area contributed by atoms with Crippen LogP contribution in [-0.4, -0.2) is 4.84 Å². The molecule has 0 aromatic rings. The van der Waals surface area contributed by atoms with Gasteiger partial charge in [-0.25, -0.2) is 0 Å². The molecule has 46 valence electrons. The highest BCUT2D eigenvalue weighted by Crippen LogP contribution is 2.10. The molecule has 0 unspecified atom stereocenters. The average molecular weight is 171 g/mol. The van der Waals surface area contributed by atoms with Gasteiger partial charge in [0.1, 0.15) is 4.84 Å². The molecule has 0 atom stereocenters. The molecule has 0 aliphatic carbocycles. The normalized spacial score (nSPS) is 12.2. The second-order valence-corrected chi connectivity index (χ2v) is 2.69. The Balaban J connectivity index is 3.74. The van der Waals surface area contributed by atoms with Crippen molar-refractivity contribution in [3.63, 3.8) is 0 Å². The summed E-state index contributed by atoms with van der Waals surface area (Å²) in [5.41, 5.74) is 0. The van der Waals surface area contributed by atoms with Gasteiger partial charge in [0.25, 0.3) is 0 Å². The van der Waals surface area contributed by atoms with E-state index in [2.05, 4.69) is 6.58 Å². The van der Waals surface area contributed by atoms with Crippen LogP contribution in [-0.2, 0) is 0 Å². The van der Waals surface area contributed by atoms with E-state index >= 15 is 0 Å². The molecule has 0 fully saturated rings. The van der Waals surface area contributed by atoms with Crippen molar-refractivity contribution in [2.24, 2.45) is 0 Å². The lowest BCUT2D eigenvalue weighted by Crippen LogP contribution is -1.76. The van der Waals surface area contributed by atoms with Crippen LogP contribution in [0.5, 0.6) is 0 Å². The van der Waals surface area contributed by atoms with Crippen molar-refractivity contribution < 1.29 is 0 Å². The number of allylic oxidation sites excluding steroid dienone is 3. The second-order valence-electron chi connectivity index (χ2n) is 1.09. The molecule has 0 N–H and O–H groups in total. The Labute approximate surface area is 63.7 Å². The predicted molar refractivity (Wildman–Crippen MR) is 39.6 cm³/mol. The molecule has 0 aliphatic rings. The van der Waals surface area contributed by atoms with Crippen LogP contribution in [0.15, 0.2) is 23.8 Å². The van der Waals surface area contributed by atoms with Crippen molar-refractivity contribution in [2.45, 2.75) is 4.84 Å². The van der Waals surface area contributed by atoms with Gasteiger partial charge < -0.3 is 0 Å². The van der Waals surface area contributed by atoms with Crippen LogP contribution in [0.3, 0.4) is 0 Å². The molecule has 0 heterocycles. The van der Waals surface area contributed by atoms with Gasteiger partial charge in [0.15, 0.2) is 0 Å². The van der Waals surface area contributed by atoms with Crippen LogP contribution in [0, 0.1) is 0 Å². The Morgan fingerprint density at radius 1 is 1.50 bits per heavy atom. The van der Waals surface area contributed by atoms with Crippen molar-refractivity contribution in [2.75, 3.05) is 0 Å². The molecule has 0 saturated heterocycles. The minimum Gasteiger partial charge on any atom is -0.101 e. The van der Waals surface area contributed by atoms with Gasteiger partial charge in [-0.05, 0) is 6.08 Å². The summed E-state index contributed by atoms with van der Waals surface area (Å²) in [5.74, 6) is 0. The maximum absolute atomic E-state index is 5.43. The van der Waals surface area contributed by atoms with E-state index in [1.807, 2.05) is 0 Å². The lowest BCUT2D eigenvalue weighted by atomic mass is 10.5. The molecule has 8 heavy (non-hydrogen) atoms. The first-order valence-electron chi connectivity index (χ1n) is 1.94. The molecule has 0 rings (SSSR count). The molecular formula is C5H5Cl3. The summed E-state index contributed by atoms with van der Waals surface area (Å²) in [6, 6.07) is 0. The molecule has 0 nitrogen and oxygen atoms in total. The standard InChI is InChI=1S/C5H5Cl3/c1-2-4(6)3-5(7)8/h2-3,5H,1H2. The third-order valence-electron chi connectivity index (χ3n) is 0.480.